The van der Waals surface area contributed by atoms with Gasteiger partial charge in [-0.1, -0.05) is 45.5 Å². The molecule has 0 spiro atoms. The Morgan fingerprint density at radius 1 is 1.00 bits per heavy atom. The third kappa shape index (κ3) is 2.19. The molecule has 0 aliphatic rings. The van der Waals surface area contributed by atoms with Crippen LogP contribution in [0.5, 0.6) is 0 Å². The van der Waals surface area contributed by atoms with E-state index in [2.05, 4.69) is 32.9 Å². The maximum Gasteiger partial charge on any atom is 0.0377 e. The van der Waals surface area contributed by atoms with E-state index in [0.29, 0.717) is 0 Å². The molecule has 0 amide bonds. The zero-order chi connectivity index (χ0) is 8.48. The van der Waals surface area contributed by atoms with Gasteiger partial charge in [-0.15, -0.1) is 0 Å². The van der Waals surface area contributed by atoms with Crippen LogP contribution < -0.4 is 0 Å². The van der Waals surface area contributed by atoms with Crippen LogP contribution >= 0.6 is 12.6 Å². The molecule has 0 saturated carbocycles. The molecular formula is C10H13S. The molecule has 1 aromatic carbocycles. The van der Waals surface area contributed by atoms with Gasteiger partial charge in [0.1, 0.15) is 0 Å². The van der Waals surface area contributed by atoms with Gasteiger partial charge in [-0.2, -0.15) is 0 Å². The lowest BCUT2D eigenvalue weighted by atomic mass is 9.87. The Balaban J connectivity index is 2.99. The van der Waals surface area contributed by atoms with Crippen molar-refractivity contribution in [2.24, 2.45) is 0 Å². The fraction of sp³-hybridized carbons (Fsp3) is 0.400. The van der Waals surface area contributed by atoms with Gasteiger partial charge in [0.25, 0.3) is 0 Å². The van der Waals surface area contributed by atoms with E-state index in [-0.39, 0.29) is 5.41 Å². The Morgan fingerprint density at radius 3 is 1.82 bits per heavy atom. The summed E-state index contributed by atoms with van der Waals surface area (Å²) >= 11 is 4.99. The van der Waals surface area contributed by atoms with Gasteiger partial charge >= 0.3 is 0 Å². The van der Waals surface area contributed by atoms with Gasteiger partial charge in [0, 0.05) is 4.90 Å². The van der Waals surface area contributed by atoms with Crippen molar-refractivity contribution in [3.8, 4) is 0 Å². The van der Waals surface area contributed by atoms with Gasteiger partial charge < -0.3 is 0 Å². The predicted octanol–water partition coefficient (Wildman–Crippen LogP) is 3.54. The Labute approximate surface area is 74.0 Å². The Bertz CT molecular complexity index is 228. The minimum atomic E-state index is 0.239. The highest BCUT2D eigenvalue weighted by Crippen LogP contribution is 2.22. The van der Waals surface area contributed by atoms with Crippen LogP contribution in [0.4, 0.5) is 0 Å². The lowest BCUT2D eigenvalue weighted by molar-refractivity contribution is 0.590. The van der Waals surface area contributed by atoms with E-state index in [9.17, 15) is 0 Å². The van der Waals surface area contributed by atoms with Crippen LogP contribution in [0.3, 0.4) is 0 Å². The van der Waals surface area contributed by atoms with E-state index in [0.717, 1.165) is 4.90 Å². The molecule has 0 fully saturated rings. The molecule has 0 aliphatic heterocycles. The van der Waals surface area contributed by atoms with Crippen molar-refractivity contribution >= 4 is 12.6 Å². The van der Waals surface area contributed by atoms with Gasteiger partial charge in [-0.05, 0) is 23.1 Å². The number of benzene rings is 1. The molecule has 0 saturated heterocycles. The molecule has 1 rings (SSSR count). The summed E-state index contributed by atoms with van der Waals surface area (Å²) in [5.41, 5.74) is 1.58. The molecule has 11 heavy (non-hydrogen) atoms. The maximum atomic E-state index is 4.99. The molecule has 0 nitrogen and oxygen atoms in total. The van der Waals surface area contributed by atoms with Crippen LogP contribution in [0.15, 0.2) is 29.2 Å². The van der Waals surface area contributed by atoms with E-state index in [1.165, 1.54) is 5.56 Å². The summed E-state index contributed by atoms with van der Waals surface area (Å²) < 4.78 is 0. The quantitative estimate of drug-likeness (QED) is 0.551. The highest BCUT2D eigenvalue weighted by molar-refractivity contribution is 7.80. The van der Waals surface area contributed by atoms with E-state index < -0.39 is 0 Å². The molecule has 1 aromatic rings. The molecule has 1 radical (unpaired) electrons. The minimum Gasteiger partial charge on any atom is -0.0801 e. The van der Waals surface area contributed by atoms with Gasteiger partial charge in [0.05, 0.1) is 0 Å². The third-order valence-electron chi connectivity index (χ3n) is 1.72. The lowest BCUT2D eigenvalue weighted by Gasteiger charge is -2.18. The molecular weight excluding hydrogens is 152 g/mol. The van der Waals surface area contributed by atoms with Crippen LogP contribution in [-0.4, -0.2) is 0 Å². The molecule has 0 atom stereocenters. The molecule has 1 heteroatoms. The van der Waals surface area contributed by atoms with Crippen LogP contribution in [-0.2, 0) is 5.41 Å². The van der Waals surface area contributed by atoms with Crippen molar-refractivity contribution in [3.05, 3.63) is 29.8 Å². The summed E-state index contributed by atoms with van der Waals surface area (Å²) in [5.74, 6) is 0. The first-order valence-corrected chi connectivity index (χ1v) is 4.18. The molecule has 59 valence electrons. The normalized spacial score (nSPS) is 11.5. The van der Waals surface area contributed by atoms with Gasteiger partial charge in [0.15, 0.2) is 0 Å². The van der Waals surface area contributed by atoms with E-state index >= 15 is 0 Å². The van der Waals surface area contributed by atoms with Gasteiger partial charge in [0.2, 0.25) is 0 Å². The van der Waals surface area contributed by atoms with Crippen LogP contribution in [0, 0.1) is 0 Å². The first-order valence-electron chi connectivity index (χ1n) is 3.78. The second-order valence-electron chi connectivity index (χ2n) is 3.77. The minimum absolute atomic E-state index is 0.239. The van der Waals surface area contributed by atoms with Crippen molar-refractivity contribution in [1.29, 1.82) is 0 Å². The first-order chi connectivity index (χ1) is 5.00. The number of rotatable bonds is 0. The molecule has 0 N–H and O–H groups in total. The standard InChI is InChI=1S/C10H13S/c1-10(2,3)8-4-6-9(11)7-5-8/h4-7H,1-3H3. The molecule has 0 bridgehead atoms. The predicted molar refractivity (Wildman–Crippen MR) is 51.0 cm³/mol. The van der Waals surface area contributed by atoms with E-state index in [1.807, 2.05) is 12.1 Å². The second-order valence-corrected chi connectivity index (χ2v) is 4.25. The largest absolute Gasteiger partial charge is 0.0801 e. The van der Waals surface area contributed by atoms with Gasteiger partial charge in [-0.25, -0.2) is 0 Å². The smallest absolute Gasteiger partial charge is 0.0377 e. The fourth-order valence-corrected chi connectivity index (χ4v) is 1.09. The fourth-order valence-electron chi connectivity index (χ4n) is 0.955. The molecule has 0 unspecified atom stereocenters. The molecule has 0 aliphatic carbocycles. The summed E-state index contributed by atoms with van der Waals surface area (Å²) in [7, 11) is 0. The SMILES string of the molecule is CC(C)(C)c1ccc([S])cc1. The van der Waals surface area contributed by atoms with Crippen LogP contribution in [0.25, 0.3) is 0 Å². The molecule has 0 aromatic heterocycles. The summed E-state index contributed by atoms with van der Waals surface area (Å²) in [6.07, 6.45) is 0. The average molecular weight is 165 g/mol. The van der Waals surface area contributed by atoms with Crippen molar-refractivity contribution < 1.29 is 0 Å². The second kappa shape index (κ2) is 2.82. The van der Waals surface area contributed by atoms with E-state index in [4.69, 9.17) is 12.6 Å². The summed E-state index contributed by atoms with van der Waals surface area (Å²) in [6.45, 7) is 6.60. The lowest BCUT2D eigenvalue weighted by Crippen LogP contribution is -2.10. The van der Waals surface area contributed by atoms with Crippen molar-refractivity contribution in [2.45, 2.75) is 31.1 Å². The summed E-state index contributed by atoms with van der Waals surface area (Å²) in [5, 5.41) is 0. The number of hydrogen-bond acceptors (Lipinski definition) is 0. The maximum absolute atomic E-state index is 4.99. The van der Waals surface area contributed by atoms with Crippen molar-refractivity contribution in [2.75, 3.05) is 0 Å². The summed E-state index contributed by atoms with van der Waals surface area (Å²) in [6, 6.07) is 8.16. The Morgan fingerprint density at radius 2 is 1.45 bits per heavy atom. The Kier molecular flexibility index (Phi) is 2.19. The average Bonchev–Trinajstić information content (AvgIpc) is 1.86. The summed E-state index contributed by atoms with van der Waals surface area (Å²) in [4.78, 5) is 0.915. The zero-order valence-electron chi connectivity index (χ0n) is 7.22. The van der Waals surface area contributed by atoms with Crippen LogP contribution in [0.1, 0.15) is 26.3 Å². The van der Waals surface area contributed by atoms with Crippen LogP contribution in [0.2, 0.25) is 0 Å². The Hall–Kier alpha value is -0.560. The molecule has 0 heterocycles. The topological polar surface area (TPSA) is 0 Å². The highest BCUT2D eigenvalue weighted by Gasteiger charge is 2.12. The highest BCUT2D eigenvalue weighted by atomic mass is 32.1. The van der Waals surface area contributed by atoms with Crippen molar-refractivity contribution in [1.82, 2.24) is 0 Å². The van der Waals surface area contributed by atoms with E-state index in [1.54, 1.807) is 0 Å². The first kappa shape index (κ1) is 8.54. The monoisotopic (exact) mass is 165 g/mol. The number of hydrogen-bond donors (Lipinski definition) is 0. The van der Waals surface area contributed by atoms with Gasteiger partial charge in [-0.3, -0.25) is 0 Å². The third-order valence-corrected chi connectivity index (χ3v) is 1.99. The zero-order valence-corrected chi connectivity index (χ0v) is 8.03. The van der Waals surface area contributed by atoms with Crippen molar-refractivity contribution in [3.63, 3.8) is 0 Å².